The Balaban J connectivity index is 1.29. The third-order valence-corrected chi connectivity index (χ3v) is 11.5. The maximum absolute atomic E-state index is 14.4. The van der Waals surface area contributed by atoms with Crippen LogP contribution in [0.2, 0.25) is 0 Å². The van der Waals surface area contributed by atoms with Crippen molar-refractivity contribution in [2.45, 2.75) is 37.5 Å². The second-order valence-corrected chi connectivity index (χ2v) is 14.3. The van der Waals surface area contributed by atoms with Gasteiger partial charge < -0.3 is 44.6 Å². The Labute approximate surface area is 277 Å². The number of benzene rings is 2. The van der Waals surface area contributed by atoms with Crippen molar-refractivity contribution < 1.29 is 53.6 Å². The van der Waals surface area contributed by atoms with E-state index in [9.17, 15) is 39.9 Å². The summed E-state index contributed by atoms with van der Waals surface area (Å²) in [6.07, 6.45) is -0.215. The lowest BCUT2D eigenvalue weighted by molar-refractivity contribution is -0.822. The molecule has 1 amide bonds. The van der Waals surface area contributed by atoms with E-state index in [-0.39, 0.29) is 28.6 Å². The number of hydrogen-bond donors (Lipinski definition) is 6. The highest BCUT2D eigenvalue weighted by Crippen LogP contribution is 2.57. The summed E-state index contributed by atoms with van der Waals surface area (Å²) in [7, 11) is 3.11. The normalized spacial score (nSPS) is 35.8. The molecule has 0 radical (unpaired) electrons. The van der Waals surface area contributed by atoms with Gasteiger partial charge in [-0.05, 0) is 46.0 Å². The lowest BCUT2D eigenvalue weighted by Crippen LogP contribution is -2.72. The first-order valence-electron chi connectivity index (χ1n) is 16.2. The second-order valence-electron chi connectivity index (χ2n) is 14.3. The van der Waals surface area contributed by atoms with Crippen molar-refractivity contribution in [3.63, 3.8) is 0 Å². The molecule has 7 rings (SSSR count). The van der Waals surface area contributed by atoms with Crippen LogP contribution in [-0.2, 0) is 29.3 Å². The summed E-state index contributed by atoms with van der Waals surface area (Å²) in [5.74, 6) is -7.52. The number of aryl methyl sites for hydroxylation is 1. The molecule has 2 heterocycles. The van der Waals surface area contributed by atoms with Crippen molar-refractivity contribution in [3.8, 4) is 5.75 Å². The average molecular weight is 662 g/mol. The number of nitrogens with zero attached hydrogens (tertiary/aromatic N) is 2. The fourth-order valence-corrected chi connectivity index (χ4v) is 9.09. The van der Waals surface area contributed by atoms with Gasteiger partial charge in [0.1, 0.15) is 29.5 Å². The van der Waals surface area contributed by atoms with E-state index >= 15 is 0 Å². The number of fused-ring (bicyclic) bond motifs is 4. The Bertz CT molecular complexity index is 1830. The highest BCUT2D eigenvalue weighted by atomic mass is 16.6. The number of nitrogens with one attached hydrogen (secondary N) is 1. The van der Waals surface area contributed by atoms with Crippen LogP contribution in [0.4, 0.5) is 0 Å². The van der Waals surface area contributed by atoms with Gasteiger partial charge in [-0.1, -0.05) is 47.4 Å². The molecule has 2 saturated heterocycles. The maximum Gasteiger partial charge on any atom is 0.504 e. The Morgan fingerprint density at radius 2 is 1.73 bits per heavy atom. The van der Waals surface area contributed by atoms with E-state index < -0.39 is 81.7 Å². The summed E-state index contributed by atoms with van der Waals surface area (Å²) in [4.78, 5) is 44.0. The molecule has 2 aromatic rings. The number of quaternary nitrogens is 1. The zero-order valence-corrected chi connectivity index (χ0v) is 27.3. The molecule has 6 N–H and O–H groups in total. The lowest BCUT2D eigenvalue weighted by atomic mass is 9.54. The molecule has 48 heavy (non-hydrogen) atoms. The van der Waals surface area contributed by atoms with E-state index in [4.69, 9.17) is 9.31 Å². The van der Waals surface area contributed by atoms with Crippen molar-refractivity contribution >= 4 is 35.4 Å². The van der Waals surface area contributed by atoms with Crippen molar-refractivity contribution in [3.05, 3.63) is 76.1 Å². The molecule has 2 aliphatic heterocycles. The van der Waals surface area contributed by atoms with Crippen LogP contribution in [0, 0.1) is 18.8 Å². The summed E-state index contributed by atoms with van der Waals surface area (Å²) < 4.78 is 12.7. The van der Waals surface area contributed by atoms with Gasteiger partial charge >= 0.3 is 6.69 Å². The minimum atomic E-state index is -2.80. The van der Waals surface area contributed by atoms with Gasteiger partial charge in [-0.3, -0.25) is 19.3 Å². The monoisotopic (exact) mass is 661 g/mol. The number of ketones is 2. The van der Waals surface area contributed by atoms with Crippen LogP contribution in [0.3, 0.4) is 0 Å². The average Bonchev–Trinajstić information content (AvgIpc) is 3.57. The number of Topliss-reactive ketones (excluding diaryl/α,β-unsaturated/α-hetero) is 2. The SMILES string of the molecule is Cc1cccc([B-]23OCC[N+]2(CNC(=O)C2=C(O)[C@@]4(O)C(=O)C5=C(O)c6c(O)cccc6[C@](C)(O)[C@@H]5C[C@H]4[C@@H](N(C)C)C2=O)CCO3)c1. The van der Waals surface area contributed by atoms with E-state index in [2.05, 4.69) is 5.32 Å². The van der Waals surface area contributed by atoms with Crippen LogP contribution >= 0.6 is 0 Å². The van der Waals surface area contributed by atoms with E-state index in [1.54, 1.807) is 14.1 Å². The van der Waals surface area contributed by atoms with Crippen LogP contribution in [0.15, 0.2) is 59.4 Å². The summed E-state index contributed by atoms with van der Waals surface area (Å²) in [6, 6.07) is 10.8. The van der Waals surface area contributed by atoms with Crippen LogP contribution in [-0.4, -0.2) is 118 Å². The highest BCUT2D eigenvalue weighted by Gasteiger charge is 2.67. The Kier molecular flexibility index (Phi) is 7.26. The van der Waals surface area contributed by atoms with E-state index in [1.165, 1.54) is 30.0 Å². The molecule has 0 bridgehead atoms. The third kappa shape index (κ3) is 4.10. The van der Waals surface area contributed by atoms with Gasteiger partial charge in [0.15, 0.2) is 11.4 Å². The number of rotatable bonds is 5. The molecule has 0 aromatic heterocycles. The van der Waals surface area contributed by atoms with Gasteiger partial charge in [0, 0.05) is 17.4 Å². The summed E-state index contributed by atoms with van der Waals surface area (Å²) in [5.41, 5.74) is -3.93. The summed E-state index contributed by atoms with van der Waals surface area (Å²) >= 11 is 0. The first-order chi connectivity index (χ1) is 22.6. The molecular weight excluding hydrogens is 621 g/mol. The fourth-order valence-electron chi connectivity index (χ4n) is 9.09. The van der Waals surface area contributed by atoms with Gasteiger partial charge in [-0.15, -0.1) is 0 Å². The molecule has 0 spiro atoms. The van der Waals surface area contributed by atoms with Gasteiger partial charge in [0.05, 0.1) is 43.5 Å². The quantitative estimate of drug-likeness (QED) is 0.191. The number of phenolic OH excluding ortho intramolecular Hbond substituents is 1. The van der Waals surface area contributed by atoms with Crippen LogP contribution in [0.25, 0.3) is 5.76 Å². The van der Waals surface area contributed by atoms with Gasteiger partial charge in [0.2, 0.25) is 5.78 Å². The number of aliphatic hydroxyl groups excluding tert-OH is 2. The second kappa shape index (κ2) is 10.7. The predicted octanol–water partition coefficient (Wildman–Crippen LogP) is 0.249. The summed E-state index contributed by atoms with van der Waals surface area (Å²) in [5, 5.41) is 60.4. The van der Waals surface area contributed by atoms with Crippen molar-refractivity contribution in [2.24, 2.45) is 11.8 Å². The molecule has 3 fully saturated rings. The largest absolute Gasteiger partial charge is 0.508 e. The first-order valence-corrected chi connectivity index (χ1v) is 16.2. The smallest absolute Gasteiger partial charge is 0.504 e. The highest BCUT2D eigenvalue weighted by molar-refractivity contribution is 6.75. The van der Waals surface area contributed by atoms with E-state index in [0.29, 0.717) is 26.3 Å². The maximum atomic E-state index is 14.4. The number of phenols is 1. The number of carbonyl (C=O) groups excluding carboxylic acids is 3. The standard InChI is InChI=1S/C34H40BN3O10/c1-18-7-5-8-19(15-18)35-38(11-13-47-35,12-14-48-35)17-36-32(44)26-29(41)27(37(3)4)22-16-21-25(30(42)34(22,46)31(26)43)28(40)24-20(33(21,2)45)9-6-10-23(24)39/h5-10,15,21-22,27,39-40,43,45-46H,11-14,16-17H2,1-4H3,(H,36,44)/t21-,22+,27-,33+,34+,35?,38?/m1/s1. The number of likely N-dealkylation sites (N-methyl/N-ethyl adjacent to an activating group) is 1. The predicted molar refractivity (Wildman–Crippen MR) is 172 cm³/mol. The molecule has 13 nitrogen and oxygen atoms in total. The third-order valence-electron chi connectivity index (χ3n) is 11.5. The van der Waals surface area contributed by atoms with Crippen molar-refractivity contribution in [2.75, 3.05) is 47.1 Å². The fraction of sp³-hybridized carbons (Fsp3) is 0.441. The summed E-state index contributed by atoms with van der Waals surface area (Å²) in [6.45, 7) is 3.09. The zero-order valence-electron chi connectivity index (χ0n) is 27.3. The van der Waals surface area contributed by atoms with Crippen molar-refractivity contribution in [1.29, 1.82) is 0 Å². The molecule has 254 valence electrons. The van der Waals surface area contributed by atoms with Gasteiger partial charge in [-0.25, -0.2) is 0 Å². The minimum Gasteiger partial charge on any atom is -0.508 e. The topological polar surface area (TPSA) is 186 Å². The van der Waals surface area contributed by atoms with Crippen LogP contribution in [0.1, 0.15) is 30.0 Å². The minimum absolute atomic E-state index is 0.0216. The lowest BCUT2D eigenvalue weighted by Gasteiger charge is -2.53. The Morgan fingerprint density at radius 3 is 2.38 bits per heavy atom. The van der Waals surface area contributed by atoms with Crippen LogP contribution < -0.4 is 10.8 Å². The molecule has 0 unspecified atom stereocenters. The number of aromatic hydroxyl groups is 1. The Morgan fingerprint density at radius 1 is 1.06 bits per heavy atom. The number of amides is 1. The van der Waals surface area contributed by atoms with Gasteiger partial charge in [0.25, 0.3) is 5.91 Å². The molecule has 14 heteroatoms. The van der Waals surface area contributed by atoms with Crippen molar-refractivity contribution in [1.82, 2.24) is 10.2 Å². The molecule has 5 aliphatic rings. The molecule has 5 atom stereocenters. The first kappa shape index (κ1) is 32.5. The number of carbonyl (C=O) groups is 3. The molecule has 3 aliphatic carbocycles. The van der Waals surface area contributed by atoms with E-state index in [0.717, 1.165) is 11.0 Å². The van der Waals surface area contributed by atoms with Gasteiger partial charge in [-0.2, -0.15) is 0 Å². The zero-order chi connectivity index (χ0) is 34.6. The number of hydrogen-bond acceptors (Lipinski definition) is 11. The van der Waals surface area contributed by atoms with Crippen LogP contribution in [0.5, 0.6) is 5.75 Å². The Hall–Kier alpha value is -4.05. The molecule has 2 aromatic carbocycles. The molecule has 1 saturated carbocycles. The van der Waals surface area contributed by atoms with E-state index in [1.807, 2.05) is 31.2 Å². The number of aliphatic hydroxyl groups is 4. The molecular formula is C34H40BN3O10.